The fraction of sp³-hybridized carbons (Fsp3) is 0.500. The van der Waals surface area contributed by atoms with Gasteiger partial charge in [-0.15, -0.1) is 0 Å². The normalized spacial score (nSPS) is 19.5. The Labute approximate surface area is 151 Å². The molecule has 0 spiro atoms. The monoisotopic (exact) mass is 360 g/mol. The molecule has 1 heterocycles. The van der Waals surface area contributed by atoms with Gasteiger partial charge in [0.1, 0.15) is 6.54 Å². The van der Waals surface area contributed by atoms with Crippen LogP contribution >= 0.6 is 0 Å². The first kappa shape index (κ1) is 18.2. The molecule has 1 aliphatic rings. The van der Waals surface area contributed by atoms with Crippen LogP contribution < -0.4 is 11.0 Å². The second kappa shape index (κ2) is 7.33. The van der Waals surface area contributed by atoms with Gasteiger partial charge < -0.3 is 10.4 Å². The van der Waals surface area contributed by atoms with Crippen LogP contribution in [0.15, 0.2) is 29.1 Å². The zero-order valence-electron chi connectivity index (χ0n) is 15.0. The molecule has 0 atom stereocenters. The first-order chi connectivity index (χ1) is 12.4. The average molecular weight is 360 g/mol. The van der Waals surface area contributed by atoms with Crippen molar-refractivity contribution in [2.75, 3.05) is 13.1 Å². The summed E-state index contributed by atoms with van der Waals surface area (Å²) in [6.07, 6.45) is 1.47. The summed E-state index contributed by atoms with van der Waals surface area (Å²) in [6, 6.07) is 7.59. The number of aliphatic carboxylic acids is 1. The van der Waals surface area contributed by atoms with E-state index in [1.807, 2.05) is 36.1 Å². The molecule has 1 saturated carbocycles. The molecule has 2 N–H and O–H groups in total. The lowest BCUT2D eigenvalue weighted by molar-refractivity contribution is -0.139. The second-order valence-corrected chi connectivity index (χ2v) is 6.76. The molecular formula is C18H24N4O4. The zero-order valence-corrected chi connectivity index (χ0v) is 15.0. The number of aromatic nitrogens is 2. The molecule has 0 radical (unpaired) electrons. The maximum absolute atomic E-state index is 12.4. The van der Waals surface area contributed by atoms with E-state index >= 15 is 0 Å². The number of nitrogens with zero attached hydrogens (tertiary/aromatic N) is 3. The summed E-state index contributed by atoms with van der Waals surface area (Å²) in [5.41, 5.74) is 1.31. The third-order valence-corrected chi connectivity index (χ3v) is 5.09. The zero-order chi connectivity index (χ0) is 18.8. The van der Waals surface area contributed by atoms with Crippen LogP contribution in [0.3, 0.4) is 0 Å². The largest absolute Gasteiger partial charge is 0.480 e. The summed E-state index contributed by atoms with van der Waals surface area (Å²) < 4.78 is 3.01. The van der Waals surface area contributed by atoms with Crippen molar-refractivity contribution >= 4 is 22.9 Å². The maximum Gasteiger partial charge on any atom is 0.329 e. The summed E-state index contributed by atoms with van der Waals surface area (Å²) in [6.45, 7) is 2.60. The number of aryl methyl sites for hydroxylation is 1. The molecule has 2 aromatic rings. The fourth-order valence-corrected chi connectivity index (χ4v) is 3.61. The Balaban J connectivity index is 1.59. The minimum atomic E-state index is -0.838. The SMILES string of the molecule is CCN(CC(=O)O)C1CC(NC(=O)Cn2c(=O)n(C)c3ccccc32)C1. The molecule has 1 aliphatic carbocycles. The van der Waals surface area contributed by atoms with Gasteiger partial charge in [-0.2, -0.15) is 0 Å². The van der Waals surface area contributed by atoms with Crippen molar-refractivity contribution in [1.82, 2.24) is 19.4 Å². The van der Waals surface area contributed by atoms with Gasteiger partial charge in [-0.05, 0) is 31.5 Å². The van der Waals surface area contributed by atoms with Gasteiger partial charge in [-0.25, -0.2) is 4.79 Å². The highest BCUT2D eigenvalue weighted by atomic mass is 16.4. The number of para-hydroxylation sites is 2. The summed E-state index contributed by atoms with van der Waals surface area (Å²) in [7, 11) is 1.69. The minimum Gasteiger partial charge on any atom is -0.480 e. The van der Waals surface area contributed by atoms with Crippen molar-refractivity contribution in [3.63, 3.8) is 0 Å². The smallest absolute Gasteiger partial charge is 0.329 e. The van der Waals surface area contributed by atoms with Crippen molar-refractivity contribution in [2.45, 2.75) is 38.4 Å². The van der Waals surface area contributed by atoms with E-state index in [1.54, 1.807) is 7.05 Å². The van der Waals surface area contributed by atoms with Gasteiger partial charge in [0.2, 0.25) is 5.91 Å². The third kappa shape index (κ3) is 3.50. The predicted molar refractivity (Wildman–Crippen MR) is 97.0 cm³/mol. The molecule has 1 aromatic heterocycles. The molecular weight excluding hydrogens is 336 g/mol. The van der Waals surface area contributed by atoms with E-state index in [9.17, 15) is 14.4 Å². The number of likely N-dealkylation sites (N-methyl/N-ethyl adjacent to an activating group) is 1. The number of hydrogen-bond acceptors (Lipinski definition) is 4. The standard InChI is InChI=1S/C18H24N4O4/c1-3-21(11-17(24)25)13-8-12(9-13)19-16(23)10-22-15-7-5-4-6-14(15)20(2)18(22)26/h4-7,12-13H,3,8-11H2,1-2H3,(H,19,23)(H,24,25). The number of carboxylic acid groups (broad SMARTS) is 1. The van der Waals surface area contributed by atoms with Gasteiger partial charge in [0, 0.05) is 19.1 Å². The third-order valence-electron chi connectivity index (χ3n) is 5.09. The second-order valence-electron chi connectivity index (χ2n) is 6.76. The quantitative estimate of drug-likeness (QED) is 0.745. The van der Waals surface area contributed by atoms with Crippen molar-refractivity contribution in [3.8, 4) is 0 Å². The molecule has 1 amide bonds. The van der Waals surface area contributed by atoms with E-state index < -0.39 is 5.97 Å². The summed E-state index contributed by atoms with van der Waals surface area (Å²) >= 11 is 0. The van der Waals surface area contributed by atoms with Gasteiger partial charge in [-0.3, -0.25) is 23.6 Å². The predicted octanol–water partition coefficient (Wildman–Crippen LogP) is 0.394. The summed E-state index contributed by atoms with van der Waals surface area (Å²) in [5.74, 6) is -1.04. The molecule has 140 valence electrons. The average Bonchev–Trinajstić information content (AvgIpc) is 2.81. The minimum absolute atomic E-state index is 0.0199. The van der Waals surface area contributed by atoms with Crippen LogP contribution in [0.4, 0.5) is 0 Å². The number of rotatable bonds is 7. The number of carboxylic acids is 1. The molecule has 1 aromatic carbocycles. The van der Waals surface area contributed by atoms with Crippen molar-refractivity contribution in [1.29, 1.82) is 0 Å². The van der Waals surface area contributed by atoms with Crippen LogP contribution in [-0.2, 0) is 23.2 Å². The van der Waals surface area contributed by atoms with Crippen LogP contribution in [-0.4, -0.2) is 56.2 Å². The first-order valence-electron chi connectivity index (χ1n) is 8.80. The van der Waals surface area contributed by atoms with Gasteiger partial charge in [0.25, 0.3) is 0 Å². The molecule has 0 aliphatic heterocycles. The molecule has 26 heavy (non-hydrogen) atoms. The van der Waals surface area contributed by atoms with Gasteiger partial charge in [0.15, 0.2) is 0 Å². The van der Waals surface area contributed by atoms with Crippen LogP contribution in [0.1, 0.15) is 19.8 Å². The number of fused-ring (bicyclic) bond motifs is 1. The first-order valence-corrected chi connectivity index (χ1v) is 8.80. The number of imidazole rings is 1. The fourth-order valence-electron chi connectivity index (χ4n) is 3.61. The van der Waals surface area contributed by atoms with E-state index in [0.717, 1.165) is 23.9 Å². The lowest BCUT2D eigenvalue weighted by atomic mass is 9.85. The topological polar surface area (TPSA) is 96.6 Å². The number of carbonyl (C=O) groups excluding carboxylic acids is 1. The summed E-state index contributed by atoms with van der Waals surface area (Å²) in [4.78, 5) is 37.5. The van der Waals surface area contributed by atoms with E-state index in [-0.39, 0.29) is 36.8 Å². The van der Waals surface area contributed by atoms with E-state index in [0.29, 0.717) is 6.54 Å². The number of hydrogen-bond donors (Lipinski definition) is 2. The van der Waals surface area contributed by atoms with Crippen molar-refractivity contribution < 1.29 is 14.7 Å². The van der Waals surface area contributed by atoms with E-state index in [4.69, 9.17) is 5.11 Å². The van der Waals surface area contributed by atoms with Crippen LogP contribution in [0, 0.1) is 0 Å². The lowest BCUT2D eigenvalue weighted by Gasteiger charge is -2.42. The highest BCUT2D eigenvalue weighted by molar-refractivity contribution is 5.81. The van der Waals surface area contributed by atoms with Crippen LogP contribution in [0.2, 0.25) is 0 Å². The van der Waals surface area contributed by atoms with E-state index in [2.05, 4.69) is 5.32 Å². The number of nitrogens with one attached hydrogen (secondary N) is 1. The number of carbonyl (C=O) groups is 2. The molecule has 1 fully saturated rings. The molecule has 0 bridgehead atoms. The van der Waals surface area contributed by atoms with Crippen molar-refractivity contribution in [3.05, 3.63) is 34.7 Å². The molecule has 0 saturated heterocycles. The molecule has 8 heteroatoms. The maximum atomic E-state index is 12.4. The Morgan fingerprint density at radius 3 is 2.54 bits per heavy atom. The Bertz CT molecular complexity index is 879. The number of benzene rings is 1. The highest BCUT2D eigenvalue weighted by Gasteiger charge is 2.34. The summed E-state index contributed by atoms with van der Waals surface area (Å²) in [5, 5.41) is 11.9. The highest BCUT2D eigenvalue weighted by Crippen LogP contribution is 2.25. The lowest BCUT2D eigenvalue weighted by Crippen LogP contribution is -2.55. The Kier molecular flexibility index (Phi) is 5.13. The van der Waals surface area contributed by atoms with E-state index in [1.165, 1.54) is 9.13 Å². The van der Waals surface area contributed by atoms with Crippen molar-refractivity contribution in [2.24, 2.45) is 7.05 Å². The molecule has 3 rings (SSSR count). The van der Waals surface area contributed by atoms with Crippen LogP contribution in [0.5, 0.6) is 0 Å². The van der Waals surface area contributed by atoms with Gasteiger partial charge in [0.05, 0.1) is 17.6 Å². The Hall–Kier alpha value is -2.61. The van der Waals surface area contributed by atoms with Crippen LogP contribution in [0.25, 0.3) is 11.0 Å². The number of amides is 1. The Morgan fingerprint density at radius 1 is 1.27 bits per heavy atom. The molecule has 0 unspecified atom stereocenters. The molecule has 8 nitrogen and oxygen atoms in total. The Morgan fingerprint density at radius 2 is 1.92 bits per heavy atom. The van der Waals surface area contributed by atoms with Gasteiger partial charge >= 0.3 is 11.7 Å². The van der Waals surface area contributed by atoms with Gasteiger partial charge in [-0.1, -0.05) is 19.1 Å².